The summed E-state index contributed by atoms with van der Waals surface area (Å²) in [5.41, 5.74) is 8.10. The normalized spacial score (nSPS) is 14.2. The van der Waals surface area contributed by atoms with Crippen LogP contribution < -0.4 is 92.1 Å². The highest BCUT2D eigenvalue weighted by Crippen LogP contribution is 2.47. The summed E-state index contributed by atoms with van der Waals surface area (Å²) in [5.74, 6) is 5.02. The van der Waals surface area contributed by atoms with Gasteiger partial charge < -0.3 is 104 Å². The van der Waals surface area contributed by atoms with Crippen LogP contribution in [0.2, 0.25) is 20.1 Å². The van der Waals surface area contributed by atoms with Crippen molar-refractivity contribution in [1.82, 2.24) is 44.8 Å². The fourth-order valence-corrected chi connectivity index (χ4v) is 21.5. The van der Waals surface area contributed by atoms with E-state index < -0.39 is 44.0 Å². The number of hydrogen-bond donors (Lipinski definition) is 8. The number of para-hydroxylation sites is 3. The SMILES string of the molecule is COc1cc(N2CC(C)(O)C2)ccc1Nc1ncc(Cl)c(Nc2ccccc2P(C)(C)=O)n1.COc1cc(N2CCC(OC)CC2)ccc1Nc1ncc(Cl)c(Nc2ccccc2P(C)(C)=O)n1.COc1cc(P(C)(C)=O)ccc1Nc1ncc(Cl)c(N(C)c2ccccc2S(=O)(=O)C2CC2)n1.COc1cc(P(C)(C)=O)ccc1Nc1ncc(Cl)c(Nc2cccc3c2C(=O)N(C)C3)n1. The van der Waals surface area contributed by atoms with Crippen molar-refractivity contribution in [2.24, 2.45) is 0 Å². The van der Waals surface area contributed by atoms with E-state index in [2.05, 4.69) is 93.0 Å². The first-order valence-electron chi connectivity index (χ1n) is 42.3. The molecule has 134 heavy (non-hydrogen) atoms. The van der Waals surface area contributed by atoms with Crippen molar-refractivity contribution < 1.29 is 60.3 Å². The van der Waals surface area contributed by atoms with E-state index in [1.54, 1.807) is 166 Å². The van der Waals surface area contributed by atoms with Crippen LogP contribution >= 0.6 is 75.0 Å². The third kappa shape index (κ3) is 24.7. The molecule has 1 aliphatic carbocycles. The summed E-state index contributed by atoms with van der Waals surface area (Å²) in [6.45, 7) is 19.1. The zero-order valence-electron chi connectivity index (χ0n) is 76.8. The van der Waals surface area contributed by atoms with Gasteiger partial charge in [-0.05, 0) is 195 Å². The van der Waals surface area contributed by atoms with Crippen LogP contribution in [0.3, 0.4) is 0 Å². The summed E-state index contributed by atoms with van der Waals surface area (Å²) >= 11 is 25.5. The van der Waals surface area contributed by atoms with Crippen LogP contribution in [0.4, 0.5) is 104 Å². The third-order valence-electron chi connectivity index (χ3n) is 22.2. The maximum Gasteiger partial charge on any atom is 0.256 e. The molecular weight excluding hydrogens is 1890 g/mol. The van der Waals surface area contributed by atoms with E-state index in [1.807, 2.05) is 104 Å². The average Bonchev–Trinajstić information content (AvgIpc) is 1.67. The molecule has 2 saturated heterocycles. The Morgan fingerprint density at radius 2 is 0.843 bits per heavy atom. The topological polar surface area (TPSA) is 386 Å². The number of benzene rings is 8. The molecule has 3 aliphatic heterocycles. The molecule has 8 N–H and O–H groups in total. The summed E-state index contributed by atoms with van der Waals surface area (Å²) in [5, 5.41) is 36.0. The number of nitrogens with zero attached hydrogens (tertiary/aromatic N) is 12. The Bertz CT molecular complexity index is 6680. The predicted molar refractivity (Wildman–Crippen MR) is 544 cm³/mol. The zero-order valence-corrected chi connectivity index (χ0v) is 84.3. The third-order valence-corrected chi connectivity index (χ3v) is 31.7. The molecule has 1 saturated carbocycles. The highest BCUT2D eigenvalue weighted by molar-refractivity contribution is 7.92. The average molecular weight is 2000 g/mol. The number of rotatable bonds is 29. The first-order chi connectivity index (χ1) is 63.5. The van der Waals surface area contributed by atoms with Gasteiger partial charge in [0.25, 0.3) is 5.91 Å². The van der Waals surface area contributed by atoms with E-state index in [0.29, 0.717) is 168 Å². The second-order valence-electron chi connectivity index (χ2n) is 33.9. The molecule has 0 unspecified atom stereocenters. The lowest BCUT2D eigenvalue weighted by Gasteiger charge is -2.45. The van der Waals surface area contributed by atoms with Gasteiger partial charge in [0, 0.05) is 98.7 Å². The Labute approximate surface area is 800 Å². The molecule has 16 rings (SSSR count). The number of piperidine rings is 1. The fraction of sp³-hybridized carbons (Fsp3) is 0.301. The molecule has 4 aliphatic rings. The molecule has 1 amide bonds. The predicted octanol–water partition coefficient (Wildman–Crippen LogP) is 19.2. The van der Waals surface area contributed by atoms with E-state index in [0.717, 1.165) is 59.2 Å². The second kappa shape index (κ2) is 42.3. The van der Waals surface area contributed by atoms with Crippen LogP contribution in [-0.4, -0.2) is 210 Å². The molecule has 8 aromatic carbocycles. The number of carbonyl (C=O) groups excluding carboxylic acids is 1. The molecule has 0 bridgehead atoms. The van der Waals surface area contributed by atoms with Crippen molar-refractivity contribution in [3.8, 4) is 23.0 Å². The van der Waals surface area contributed by atoms with Crippen molar-refractivity contribution >= 4 is 216 Å². The Morgan fingerprint density at radius 3 is 1.26 bits per heavy atom. The smallest absolute Gasteiger partial charge is 0.256 e. The van der Waals surface area contributed by atoms with Crippen LogP contribution in [0, 0.1) is 0 Å². The first-order valence-corrected chi connectivity index (χ1v) is 55.8. The minimum absolute atomic E-state index is 0.0550. The molecule has 4 aromatic heterocycles. The Balaban J connectivity index is 0.000000152. The van der Waals surface area contributed by atoms with Crippen LogP contribution in [0.15, 0.2) is 193 Å². The quantitative estimate of drug-likeness (QED) is 0.0202. The number of fused-ring (bicyclic) bond motifs is 1. The molecular formula is C93H107Cl4N19O13P4S. The lowest BCUT2D eigenvalue weighted by atomic mass is 9.96. The van der Waals surface area contributed by atoms with Gasteiger partial charge in [-0.15, -0.1) is 0 Å². The van der Waals surface area contributed by atoms with Crippen molar-refractivity contribution in [1.29, 1.82) is 0 Å². The molecule has 3 fully saturated rings. The number of sulfone groups is 1. The number of amides is 1. The number of nitrogens with one attached hydrogen (secondary N) is 7. The monoisotopic (exact) mass is 1990 g/mol. The second-order valence-corrected chi connectivity index (χ2v) is 50.6. The Hall–Kier alpha value is -11.3. The van der Waals surface area contributed by atoms with Gasteiger partial charge in [0.2, 0.25) is 23.8 Å². The fourth-order valence-electron chi connectivity index (χ4n) is 14.9. The first kappa shape index (κ1) is 100. The van der Waals surface area contributed by atoms with Crippen LogP contribution in [-0.2, 0) is 39.4 Å². The summed E-state index contributed by atoms with van der Waals surface area (Å²) in [6.07, 6.45) is 9.64. The number of aliphatic hydroxyl groups is 1. The lowest BCUT2D eigenvalue weighted by Crippen LogP contribution is -2.60. The number of methoxy groups -OCH3 is 5. The van der Waals surface area contributed by atoms with Gasteiger partial charge in [-0.1, -0.05) is 94.9 Å². The lowest BCUT2D eigenvalue weighted by molar-refractivity contribution is 0.0310. The van der Waals surface area contributed by atoms with E-state index in [-0.39, 0.29) is 33.0 Å². The van der Waals surface area contributed by atoms with Crippen LogP contribution in [0.25, 0.3) is 0 Å². The minimum Gasteiger partial charge on any atom is -0.495 e. The zero-order chi connectivity index (χ0) is 96.5. The van der Waals surface area contributed by atoms with Gasteiger partial charge in [-0.3, -0.25) is 4.79 Å². The van der Waals surface area contributed by atoms with Gasteiger partial charge in [-0.2, -0.15) is 19.9 Å². The number of hydrogen-bond acceptors (Lipinski definition) is 31. The highest BCUT2D eigenvalue weighted by atomic mass is 35.5. The van der Waals surface area contributed by atoms with E-state index in [1.165, 1.54) is 31.9 Å². The standard InChI is InChI=1S/C25H31ClN5O3P.C23H27ClN5O3P.C23H26ClN4O4PS.C22H23ClN5O3P/c1-33-18-11-13-31(14-12-18)17-9-10-20(22(15-17)34-2)29-25-27-16-19(26)24(30-25)28-21-7-5-6-8-23(21)35(3,4)32;1-23(30)13-29(14-23)15-9-10-17(19(11-15)32-2)27-22-25-12-16(24)21(28-22)26-18-7-5-6-8-20(18)33(3,4)31;1-28(19-7-5-6-8-21(19)34(30,31)16-10-11-16)22-17(24)14-25-23(27-22)26-18-12-9-15(33(3,4)29)13-20(18)32-2;1-28-12-13-6-5-7-17(19(13)21(28)29)25-20-15(23)11-24-22(27-20)26-16-9-8-14(32(3,4)30)10-18(16)31-2/h5-10,15-16,18H,11-14H2,1-4H3,(H2,27,28,29,30);5-12,30H,13-14H2,1-4H3,(H2,25,26,27,28);5-9,12-14,16H,10-11H2,1-4H3,(H,25,26,27);5-11H,12H2,1-4H3,(H2,24,25,26,27). The van der Waals surface area contributed by atoms with Crippen LogP contribution in [0.5, 0.6) is 23.0 Å². The summed E-state index contributed by atoms with van der Waals surface area (Å²) in [4.78, 5) is 55.7. The van der Waals surface area contributed by atoms with Crippen molar-refractivity contribution in [2.45, 2.75) is 61.0 Å². The summed E-state index contributed by atoms with van der Waals surface area (Å²) in [7, 11) is -1.76. The van der Waals surface area contributed by atoms with Gasteiger partial charge >= 0.3 is 0 Å². The Morgan fingerprint density at radius 1 is 0.455 bits per heavy atom. The van der Waals surface area contributed by atoms with Crippen molar-refractivity contribution in [3.63, 3.8) is 0 Å². The molecule has 0 radical (unpaired) electrons. The summed E-state index contributed by atoms with van der Waals surface area (Å²) in [6, 6.07) is 49.6. The maximum absolute atomic E-state index is 13.0. The molecule has 12 aromatic rings. The number of carbonyl (C=O) groups is 1. The number of halogens is 4. The number of β-amino-alcohol motifs (C(OH)–C–C–N with tert-alkyl or cyclic N) is 1. The number of anilines is 18. The highest BCUT2D eigenvalue weighted by Gasteiger charge is 2.40. The molecule has 0 atom stereocenters. The molecule has 0 spiro atoms. The molecule has 41 heteroatoms. The number of ether oxygens (including phenoxy) is 5. The minimum atomic E-state index is -3.43. The Kier molecular flexibility index (Phi) is 31.6. The molecule has 706 valence electrons. The molecule has 7 heterocycles. The van der Waals surface area contributed by atoms with Gasteiger partial charge in [0.1, 0.15) is 71.7 Å². The van der Waals surface area contributed by atoms with Gasteiger partial charge in [0.05, 0.1) is 126 Å². The van der Waals surface area contributed by atoms with E-state index >= 15 is 0 Å². The molecule has 32 nitrogen and oxygen atoms in total. The van der Waals surface area contributed by atoms with Crippen molar-refractivity contribution in [2.75, 3.05) is 181 Å². The van der Waals surface area contributed by atoms with Crippen LogP contribution in [0.1, 0.15) is 48.5 Å². The maximum atomic E-state index is 13.0. The van der Waals surface area contributed by atoms with E-state index in [4.69, 9.17) is 70.1 Å². The number of aromatic nitrogens is 8. The van der Waals surface area contributed by atoms with Crippen molar-refractivity contribution in [3.05, 3.63) is 220 Å². The largest absolute Gasteiger partial charge is 0.495 e. The van der Waals surface area contributed by atoms with E-state index in [9.17, 15) is 36.6 Å². The van der Waals surface area contributed by atoms with Gasteiger partial charge in [0.15, 0.2) is 33.1 Å². The van der Waals surface area contributed by atoms with Gasteiger partial charge in [-0.25, -0.2) is 28.4 Å². The summed E-state index contributed by atoms with van der Waals surface area (Å²) < 4.78 is 104.